The van der Waals surface area contributed by atoms with Gasteiger partial charge in [-0.1, -0.05) is 40.8 Å². The van der Waals surface area contributed by atoms with Gasteiger partial charge in [-0.25, -0.2) is 14.2 Å². The average Bonchev–Trinajstić information content (AvgIpc) is 3.53. The van der Waals surface area contributed by atoms with Crippen molar-refractivity contribution in [3.05, 3.63) is 64.7 Å². The van der Waals surface area contributed by atoms with E-state index < -0.39 is 11.8 Å². The van der Waals surface area contributed by atoms with Crippen LogP contribution in [-0.2, 0) is 16.1 Å². The van der Waals surface area contributed by atoms with Crippen molar-refractivity contribution in [3.8, 4) is 11.3 Å². The zero-order valence-corrected chi connectivity index (χ0v) is 22.1. The first-order valence-electron chi connectivity index (χ1n) is 13.1. The molecule has 2 aliphatic heterocycles. The van der Waals surface area contributed by atoms with Crippen molar-refractivity contribution in [1.82, 2.24) is 10.1 Å². The molecule has 38 heavy (non-hydrogen) atoms. The van der Waals surface area contributed by atoms with Crippen molar-refractivity contribution in [2.24, 2.45) is 11.8 Å². The highest BCUT2D eigenvalue weighted by Gasteiger charge is 2.48. The maximum atomic E-state index is 14.7. The lowest BCUT2D eigenvalue weighted by Crippen LogP contribution is -2.59. The lowest BCUT2D eigenvalue weighted by atomic mass is 9.68. The number of esters is 1. The number of benzene rings is 2. The summed E-state index contributed by atoms with van der Waals surface area (Å²) < 4.78 is 32.5. The number of fused-ring (bicyclic) bond motifs is 3. The molecule has 0 spiro atoms. The Morgan fingerprint density at radius 2 is 2.00 bits per heavy atom. The normalized spacial score (nSPS) is 22.5. The molecule has 7 nitrogen and oxygen atoms in total. The van der Waals surface area contributed by atoms with Crippen LogP contribution in [-0.4, -0.2) is 42.4 Å². The average molecular weight is 534 g/mol. The van der Waals surface area contributed by atoms with Gasteiger partial charge in [-0.3, -0.25) is 0 Å². The van der Waals surface area contributed by atoms with Crippen LogP contribution >= 0.6 is 11.3 Å². The first-order valence-corrected chi connectivity index (χ1v) is 13.9. The molecular formula is C29H28FN3O4S. The van der Waals surface area contributed by atoms with Gasteiger partial charge in [0, 0.05) is 42.0 Å². The fourth-order valence-electron chi connectivity index (χ4n) is 5.98. The highest BCUT2D eigenvalue weighted by Crippen LogP contribution is 2.47. The molecule has 0 radical (unpaired) electrons. The molecule has 0 N–H and O–H groups in total. The Morgan fingerprint density at radius 3 is 2.74 bits per heavy atom. The fourth-order valence-corrected chi connectivity index (χ4v) is 7.02. The third-order valence-corrected chi connectivity index (χ3v) is 9.22. The van der Waals surface area contributed by atoms with Crippen molar-refractivity contribution in [2.45, 2.75) is 44.8 Å². The number of hydrogen-bond acceptors (Lipinski definition) is 8. The number of nitrogens with zero attached hydrogens (tertiary/aromatic N) is 3. The van der Waals surface area contributed by atoms with Gasteiger partial charge in [0.1, 0.15) is 17.0 Å². The molecule has 2 saturated carbocycles. The number of piperidine rings is 2. The molecule has 4 aliphatic rings. The van der Waals surface area contributed by atoms with Crippen molar-refractivity contribution in [1.29, 1.82) is 0 Å². The number of rotatable bonds is 7. The monoisotopic (exact) mass is 533 g/mol. The van der Waals surface area contributed by atoms with E-state index >= 15 is 0 Å². The van der Waals surface area contributed by atoms with E-state index in [9.17, 15) is 9.18 Å². The van der Waals surface area contributed by atoms with E-state index in [0.717, 1.165) is 60.1 Å². The van der Waals surface area contributed by atoms with Crippen molar-refractivity contribution in [3.63, 3.8) is 0 Å². The Morgan fingerprint density at radius 1 is 1.21 bits per heavy atom. The third kappa shape index (κ3) is 3.99. The summed E-state index contributed by atoms with van der Waals surface area (Å²) in [7, 11) is 1.29. The minimum atomic E-state index is -0.553. The maximum Gasteiger partial charge on any atom is 0.338 e. The van der Waals surface area contributed by atoms with E-state index in [1.54, 1.807) is 6.07 Å². The number of aromatic nitrogens is 2. The number of ether oxygens (including phenoxy) is 2. The number of hydrogen-bond donors (Lipinski definition) is 0. The minimum absolute atomic E-state index is 0.176. The topological polar surface area (TPSA) is 77.7 Å². The number of halogens is 1. The zero-order chi connectivity index (χ0) is 26.0. The second kappa shape index (κ2) is 9.17. The lowest BCUT2D eigenvalue weighted by molar-refractivity contribution is -0.111. The molecule has 2 bridgehead atoms. The highest BCUT2D eigenvalue weighted by molar-refractivity contribution is 7.22. The van der Waals surface area contributed by atoms with Crippen LogP contribution in [0.3, 0.4) is 0 Å². The Kier molecular flexibility index (Phi) is 5.74. The van der Waals surface area contributed by atoms with Crippen LogP contribution in [0.15, 0.2) is 40.9 Å². The van der Waals surface area contributed by atoms with Gasteiger partial charge in [0.05, 0.1) is 30.1 Å². The van der Waals surface area contributed by atoms with Gasteiger partial charge < -0.3 is 18.9 Å². The van der Waals surface area contributed by atoms with Gasteiger partial charge >= 0.3 is 5.97 Å². The summed E-state index contributed by atoms with van der Waals surface area (Å²) in [5.74, 6) is 1.16. The van der Waals surface area contributed by atoms with Gasteiger partial charge in [0.25, 0.3) is 0 Å². The molecule has 8 rings (SSSR count). The molecule has 4 heterocycles. The molecule has 2 aromatic heterocycles. The minimum Gasteiger partial charge on any atom is -0.465 e. The molecule has 196 valence electrons. The number of carbonyl (C=O) groups is 1. The Bertz CT molecular complexity index is 1530. The predicted molar refractivity (Wildman–Crippen MR) is 142 cm³/mol. The van der Waals surface area contributed by atoms with Gasteiger partial charge in [-0.2, -0.15) is 0 Å². The molecule has 4 aromatic rings. The van der Waals surface area contributed by atoms with Crippen molar-refractivity contribution in [2.75, 3.05) is 25.1 Å². The second-order valence-electron chi connectivity index (χ2n) is 10.7. The summed E-state index contributed by atoms with van der Waals surface area (Å²) >= 11 is 1.41. The summed E-state index contributed by atoms with van der Waals surface area (Å²) in [6.45, 7) is 4.23. The number of thiazole rings is 1. The molecule has 2 unspecified atom stereocenters. The summed E-state index contributed by atoms with van der Waals surface area (Å²) in [5, 5.41) is 5.26. The highest BCUT2D eigenvalue weighted by atomic mass is 32.1. The van der Waals surface area contributed by atoms with Crippen LogP contribution in [0.5, 0.6) is 0 Å². The molecule has 9 heteroatoms. The molecule has 2 aromatic carbocycles. The van der Waals surface area contributed by atoms with Crippen LogP contribution in [0.1, 0.15) is 52.4 Å². The Labute approximate surface area is 223 Å². The van der Waals surface area contributed by atoms with Crippen molar-refractivity contribution < 1.29 is 23.2 Å². The molecule has 4 fully saturated rings. The molecule has 0 amide bonds. The van der Waals surface area contributed by atoms with Gasteiger partial charge in [-0.05, 0) is 43.9 Å². The molecule has 2 atom stereocenters. The van der Waals surface area contributed by atoms with Gasteiger partial charge in [-0.15, -0.1) is 0 Å². The van der Waals surface area contributed by atoms with Crippen LogP contribution in [0, 0.1) is 24.6 Å². The summed E-state index contributed by atoms with van der Waals surface area (Å²) in [6.07, 6.45) is 3.58. The standard InChI is InChI=1S/C29H28FN3O4S/c1-15-5-3-4-6-20(15)24-21(27(37-32-24)16-7-8-16)14-36-26-18-9-19(26)13-33(12-18)29-31-25-22(30)10-17(28(34)35-2)11-23(25)38-29/h3-6,10-11,16,18-19,26H,7-9,12-14H2,1-2H3. The Hall–Kier alpha value is -3.30. The summed E-state index contributed by atoms with van der Waals surface area (Å²) in [4.78, 5) is 18.7. The first kappa shape index (κ1) is 23.8. The van der Waals surface area contributed by atoms with E-state index in [0.29, 0.717) is 34.6 Å². The van der Waals surface area contributed by atoms with Crippen molar-refractivity contribution >= 4 is 32.7 Å². The van der Waals surface area contributed by atoms with Gasteiger partial charge in [0.15, 0.2) is 10.9 Å². The maximum absolute atomic E-state index is 14.7. The molecular weight excluding hydrogens is 505 g/mol. The van der Waals surface area contributed by atoms with Crippen LogP contribution in [0.2, 0.25) is 0 Å². The van der Waals surface area contributed by atoms with E-state index in [1.165, 1.54) is 30.1 Å². The van der Waals surface area contributed by atoms with Crippen LogP contribution in [0.25, 0.3) is 21.5 Å². The lowest BCUT2D eigenvalue weighted by Gasteiger charge is -2.53. The second-order valence-corrected chi connectivity index (χ2v) is 11.7. The largest absolute Gasteiger partial charge is 0.465 e. The van der Waals surface area contributed by atoms with E-state index in [-0.39, 0.29) is 11.7 Å². The fraction of sp³-hybridized carbons (Fsp3) is 0.414. The first-order chi connectivity index (χ1) is 18.5. The number of methoxy groups -OCH3 is 1. The van der Waals surface area contributed by atoms with E-state index in [4.69, 9.17) is 14.0 Å². The van der Waals surface area contributed by atoms with Crippen LogP contribution < -0.4 is 4.90 Å². The smallest absolute Gasteiger partial charge is 0.338 e. The zero-order valence-electron chi connectivity index (χ0n) is 21.3. The number of carbonyl (C=O) groups excluding carboxylic acids is 1. The quantitative estimate of drug-likeness (QED) is 0.266. The SMILES string of the molecule is COC(=O)c1cc(F)c2nc(N3CC4CC(C3)C4OCc3c(-c4ccccc4C)noc3C3CC3)sc2c1. The number of aryl methyl sites for hydroxylation is 1. The molecule has 2 aliphatic carbocycles. The number of anilines is 1. The van der Waals surface area contributed by atoms with Crippen LogP contribution in [0.4, 0.5) is 9.52 Å². The molecule has 2 saturated heterocycles. The Balaban J connectivity index is 1.07. The van der Waals surface area contributed by atoms with E-state index in [2.05, 4.69) is 34.1 Å². The third-order valence-electron chi connectivity index (χ3n) is 8.16. The van der Waals surface area contributed by atoms with Gasteiger partial charge in [0.2, 0.25) is 0 Å². The predicted octanol–water partition coefficient (Wildman–Crippen LogP) is 6.10. The van der Waals surface area contributed by atoms with E-state index in [1.807, 2.05) is 12.1 Å². The summed E-state index contributed by atoms with van der Waals surface area (Å²) in [6, 6.07) is 11.1. The summed E-state index contributed by atoms with van der Waals surface area (Å²) in [5.41, 5.74) is 4.76.